The molecule has 1 aromatic heterocycles. The number of aryl methyl sites for hydroxylation is 1. The van der Waals surface area contributed by atoms with Gasteiger partial charge in [0.1, 0.15) is 11.9 Å². The molecule has 0 unspecified atom stereocenters. The smallest absolute Gasteiger partial charge is 0.334 e. The molecule has 4 nitrogen and oxygen atoms in total. The van der Waals surface area contributed by atoms with Crippen LogP contribution < -0.4 is 0 Å². The van der Waals surface area contributed by atoms with Crippen molar-refractivity contribution < 1.29 is 19.1 Å². The molecule has 1 N–H and O–H groups in total. The van der Waals surface area contributed by atoms with Crippen molar-refractivity contribution in [1.82, 2.24) is 0 Å². The van der Waals surface area contributed by atoms with Crippen LogP contribution in [0.3, 0.4) is 0 Å². The Kier molecular flexibility index (Phi) is 4.20. The molecule has 0 saturated carbocycles. The number of allylic oxidation sites excluding steroid dienone is 1. The molecule has 0 radical (unpaired) electrons. The van der Waals surface area contributed by atoms with Crippen LogP contribution in [0.2, 0.25) is 0 Å². The van der Waals surface area contributed by atoms with Gasteiger partial charge in [-0.3, -0.25) is 0 Å². The van der Waals surface area contributed by atoms with Crippen LogP contribution in [0.4, 0.5) is 0 Å². The maximum Gasteiger partial charge on any atom is 0.334 e. The third-order valence-electron chi connectivity index (χ3n) is 6.06. The van der Waals surface area contributed by atoms with Gasteiger partial charge in [-0.25, -0.2) is 4.79 Å². The maximum absolute atomic E-state index is 12.5. The zero-order chi connectivity index (χ0) is 17.6. The van der Waals surface area contributed by atoms with E-state index >= 15 is 0 Å². The van der Waals surface area contributed by atoms with E-state index in [1.165, 1.54) is 5.57 Å². The lowest BCUT2D eigenvalue weighted by Gasteiger charge is -2.50. The summed E-state index contributed by atoms with van der Waals surface area (Å²) < 4.78 is 11.7. The summed E-state index contributed by atoms with van der Waals surface area (Å²) in [5, 5.41) is 10.4. The predicted octanol–water partition coefficient (Wildman–Crippen LogP) is 4.03. The van der Waals surface area contributed by atoms with Crippen molar-refractivity contribution in [2.24, 2.45) is 11.3 Å². The molecule has 0 saturated heterocycles. The van der Waals surface area contributed by atoms with E-state index in [-0.39, 0.29) is 11.9 Å². The first-order chi connectivity index (χ1) is 11.3. The van der Waals surface area contributed by atoms with Crippen LogP contribution in [0.15, 0.2) is 34.0 Å². The summed E-state index contributed by atoms with van der Waals surface area (Å²) in [6.45, 7) is 9.71. The third kappa shape index (κ3) is 2.35. The van der Waals surface area contributed by atoms with Crippen molar-refractivity contribution in [2.75, 3.05) is 0 Å². The van der Waals surface area contributed by atoms with E-state index in [9.17, 15) is 9.90 Å². The minimum Gasteiger partial charge on any atom is -0.468 e. The maximum atomic E-state index is 12.5. The van der Waals surface area contributed by atoms with Gasteiger partial charge >= 0.3 is 5.97 Å². The Morgan fingerprint density at radius 3 is 2.88 bits per heavy atom. The normalized spacial score (nSPS) is 32.7. The summed E-state index contributed by atoms with van der Waals surface area (Å²) >= 11 is 0. The summed E-state index contributed by atoms with van der Waals surface area (Å²) in [7, 11) is 0. The molecule has 0 spiro atoms. The number of carbonyl (C=O) groups is 1. The quantitative estimate of drug-likeness (QED) is 0.505. The Balaban J connectivity index is 2.13. The molecule has 3 rings (SSSR count). The van der Waals surface area contributed by atoms with Crippen LogP contribution in [0.25, 0.3) is 0 Å². The Hall–Kier alpha value is -1.81. The summed E-state index contributed by atoms with van der Waals surface area (Å²) in [5.74, 6) is 0.545. The number of esters is 1. The average molecular weight is 330 g/mol. The summed E-state index contributed by atoms with van der Waals surface area (Å²) in [6, 6.07) is 0. The molecule has 4 heteroatoms. The highest BCUT2D eigenvalue weighted by atomic mass is 16.5. The molecule has 0 aromatic carbocycles. The van der Waals surface area contributed by atoms with Crippen LogP contribution in [-0.2, 0) is 16.0 Å². The minimum absolute atomic E-state index is 0.0105. The number of ether oxygens (including phenoxy) is 1. The van der Waals surface area contributed by atoms with E-state index < -0.39 is 17.6 Å². The van der Waals surface area contributed by atoms with Crippen molar-refractivity contribution in [1.29, 1.82) is 0 Å². The molecule has 0 bridgehead atoms. The first kappa shape index (κ1) is 17.0. The molecule has 24 heavy (non-hydrogen) atoms. The zero-order valence-electron chi connectivity index (χ0n) is 15.1. The first-order valence-electron chi connectivity index (χ1n) is 8.59. The van der Waals surface area contributed by atoms with Gasteiger partial charge in [0.05, 0.1) is 12.4 Å². The van der Waals surface area contributed by atoms with Gasteiger partial charge in [0, 0.05) is 23.0 Å². The number of fused-ring (bicyclic) bond motifs is 2. The van der Waals surface area contributed by atoms with Gasteiger partial charge in [-0.05, 0) is 38.7 Å². The first-order valence-corrected chi connectivity index (χ1v) is 8.59. The van der Waals surface area contributed by atoms with E-state index in [4.69, 9.17) is 9.15 Å². The third-order valence-corrected chi connectivity index (χ3v) is 6.06. The van der Waals surface area contributed by atoms with E-state index in [2.05, 4.69) is 13.0 Å². The van der Waals surface area contributed by atoms with Gasteiger partial charge in [-0.2, -0.15) is 0 Å². The molecule has 0 aliphatic heterocycles. The lowest BCUT2D eigenvalue weighted by Crippen LogP contribution is -2.47. The molecule has 130 valence electrons. The van der Waals surface area contributed by atoms with E-state index in [1.807, 2.05) is 20.8 Å². The summed E-state index contributed by atoms with van der Waals surface area (Å²) in [6.07, 6.45) is 6.05. The summed E-state index contributed by atoms with van der Waals surface area (Å²) in [4.78, 5) is 12.5. The van der Waals surface area contributed by atoms with Gasteiger partial charge < -0.3 is 14.3 Å². The second kappa shape index (κ2) is 5.92. The van der Waals surface area contributed by atoms with Gasteiger partial charge in [0.25, 0.3) is 0 Å². The Bertz CT molecular complexity index is 724. The van der Waals surface area contributed by atoms with Crippen molar-refractivity contribution in [3.05, 3.63) is 46.4 Å². The number of furan rings is 1. The molecule has 0 fully saturated rings. The zero-order valence-corrected chi connectivity index (χ0v) is 15.1. The number of carbonyl (C=O) groups excluding carboxylic acids is 1. The largest absolute Gasteiger partial charge is 0.468 e. The molecule has 1 aromatic rings. The molecule has 2 aliphatic carbocycles. The fourth-order valence-electron chi connectivity index (χ4n) is 4.02. The molecule has 1 heterocycles. The predicted molar refractivity (Wildman–Crippen MR) is 91.4 cm³/mol. The van der Waals surface area contributed by atoms with Gasteiger partial charge in [0.2, 0.25) is 0 Å². The average Bonchev–Trinajstić information content (AvgIpc) is 2.93. The fourth-order valence-corrected chi connectivity index (χ4v) is 4.02. The standard InChI is InChI=1S/C20H26O4/c1-6-11(2)19(22)24-18-17-12(3)10-23-16(17)9-14-7-8-15(21)13(4)20(14,18)5/h6-7,10,13,15,18,21H,8-9H2,1-5H3/b11-6-/t13-,15-,18+,20+/m0/s1. The number of aliphatic hydroxyl groups is 1. The SMILES string of the molecule is C/C=C(/C)C(=O)O[C@@H]1c2c(C)coc2CC2=CC[C@H](O)[C@H](C)[C@]21C. The monoisotopic (exact) mass is 330 g/mol. The number of hydrogen-bond acceptors (Lipinski definition) is 4. The highest BCUT2D eigenvalue weighted by molar-refractivity contribution is 5.88. The van der Waals surface area contributed by atoms with E-state index in [0.717, 1.165) is 16.9 Å². The Labute approximate surface area is 143 Å². The topological polar surface area (TPSA) is 59.7 Å². The van der Waals surface area contributed by atoms with Gasteiger partial charge in [-0.15, -0.1) is 0 Å². The highest BCUT2D eigenvalue weighted by Gasteiger charge is 2.53. The lowest BCUT2D eigenvalue weighted by atomic mass is 9.58. The molecule has 2 aliphatic rings. The second-order valence-electron chi connectivity index (χ2n) is 7.29. The lowest BCUT2D eigenvalue weighted by molar-refractivity contribution is -0.156. The molecule has 0 amide bonds. The fraction of sp³-hybridized carbons (Fsp3) is 0.550. The van der Waals surface area contributed by atoms with E-state index in [1.54, 1.807) is 19.3 Å². The van der Waals surface area contributed by atoms with Gasteiger partial charge in [-0.1, -0.05) is 31.6 Å². The van der Waals surface area contributed by atoms with Crippen LogP contribution >= 0.6 is 0 Å². The number of rotatable bonds is 2. The van der Waals surface area contributed by atoms with Crippen molar-refractivity contribution >= 4 is 5.97 Å². The Morgan fingerprint density at radius 2 is 2.21 bits per heavy atom. The van der Waals surface area contributed by atoms with Crippen LogP contribution in [0.5, 0.6) is 0 Å². The van der Waals surface area contributed by atoms with Crippen molar-refractivity contribution in [2.45, 2.75) is 59.7 Å². The minimum atomic E-state index is -0.446. The van der Waals surface area contributed by atoms with Crippen LogP contribution in [-0.4, -0.2) is 17.2 Å². The number of aliphatic hydroxyl groups excluding tert-OH is 1. The van der Waals surface area contributed by atoms with Gasteiger partial charge in [0.15, 0.2) is 0 Å². The molecular weight excluding hydrogens is 304 g/mol. The van der Waals surface area contributed by atoms with E-state index in [0.29, 0.717) is 18.4 Å². The second-order valence-corrected chi connectivity index (χ2v) is 7.29. The highest BCUT2D eigenvalue weighted by Crippen LogP contribution is 2.57. The van der Waals surface area contributed by atoms with Crippen molar-refractivity contribution in [3.63, 3.8) is 0 Å². The summed E-state index contributed by atoms with van der Waals surface area (Å²) in [5.41, 5.74) is 3.31. The van der Waals surface area contributed by atoms with Crippen molar-refractivity contribution in [3.8, 4) is 0 Å². The number of hydrogen-bond donors (Lipinski definition) is 1. The van der Waals surface area contributed by atoms with Crippen LogP contribution in [0, 0.1) is 18.3 Å². The van der Waals surface area contributed by atoms with Crippen LogP contribution in [0.1, 0.15) is 57.1 Å². The molecular formula is C20H26O4. The molecule has 4 atom stereocenters. The Morgan fingerprint density at radius 1 is 1.50 bits per heavy atom.